The minimum Gasteiger partial charge on any atom is -0.309 e. The molecule has 0 radical (unpaired) electrons. The number of hydrogen-bond donors (Lipinski definition) is 0. The topological polar surface area (TPSA) is 48.5 Å². The number of benzene rings is 9. The van der Waals surface area contributed by atoms with E-state index in [1.54, 1.807) is 11.3 Å². The molecule has 0 atom stereocenters. The number of fused-ring (bicyclic) bond motifs is 9. The molecule has 0 fully saturated rings. The molecule has 0 aliphatic heterocycles. The van der Waals surface area contributed by atoms with Gasteiger partial charge in [0.25, 0.3) is 0 Å². The highest BCUT2D eigenvalue weighted by Gasteiger charge is 2.21. The van der Waals surface area contributed by atoms with Crippen molar-refractivity contribution in [3.63, 3.8) is 0 Å². The first-order chi connectivity index (χ1) is 31.2. The third-order valence-corrected chi connectivity index (χ3v) is 13.6. The Morgan fingerprint density at radius 2 is 0.841 bits per heavy atom. The fourth-order valence-corrected chi connectivity index (χ4v) is 10.7. The van der Waals surface area contributed by atoms with Crippen molar-refractivity contribution in [3.05, 3.63) is 212 Å². The predicted molar refractivity (Wildman–Crippen MR) is 263 cm³/mol. The van der Waals surface area contributed by atoms with Gasteiger partial charge in [0.05, 0.1) is 22.1 Å². The van der Waals surface area contributed by atoms with Crippen LogP contribution in [0.4, 0.5) is 0 Å². The number of hydrogen-bond acceptors (Lipinski definition) is 4. The lowest BCUT2D eigenvalue weighted by Gasteiger charge is -2.13. The van der Waals surface area contributed by atoms with Crippen molar-refractivity contribution in [2.24, 2.45) is 0 Å². The van der Waals surface area contributed by atoms with Crippen LogP contribution in [0.1, 0.15) is 0 Å². The summed E-state index contributed by atoms with van der Waals surface area (Å²) >= 11 is 1.78. The zero-order valence-corrected chi connectivity index (χ0v) is 34.7. The summed E-state index contributed by atoms with van der Waals surface area (Å²) in [6.45, 7) is 0. The average molecular weight is 822 g/mol. The van der Waals surface area contributed by atoms with E-state index in [1.165, 1.54) is 42.9 Å². The Hall–Kier alpha value is -8.19. The lowest BCUT2D eigenvalue weighted by atomic mass is 10.0. The zero-order chi connectivity index (χ0) is 41.4. The van der Waals surface area contributed by atoms with Gasteiger partial charge in [-0.15, -0.1) is 11.3 Å². The summed E-state index contributed by atoms with van der Waals surface area (Å²) in [6.07, 6.45) is 0. The van der Waals surface area contributed by atoms with E-state index in [4.69, 9.17) is 15.0 Å². The zero-order valence-electron chi connectivity index (χ0n) is 33.9. The van der Waals surface area contributed by atoms with E-state index in [2.05, 4.69) is 221 Å². The minimum atomic E-state index is 0.572. The highest BCUT2D eigenvalue weighted by Crippen LogP contribution is 2.41. The molecule has 6 heteroatoms. The van der Waals surface area contributed by atoms with Crippen molar-refractivity contribution in [1.29, 1.82) is 0 Å². The third-order valence-electron chi connectivity index (χ3n) is 12.4. The van der Waals surface area contributed by atoms with Crippen LogP contribution >= 0.6 is 11.3 Å². The lowest BCUT2D eigenvalue weighted by molar-refractivity contribution is 0.954. The lowest BCUT2D eigenvalue weighted by Crippen LogP contribution is -2.06. The second-order valence-corrected chi connectivity index (χ2v) is 17.1. The maximum absolute atomic E-state index is 5.40. The van der Waals surface area contributed by atoms with Gasteiger partial charge < -0.3 is 4.57 Å². The fourth-order valence-electron chi connectivity index (χ4n) is 9.48. The second kappa shape index (κ2) is 14.2. The summed E-state index contributed by atoms with van der Waals surface area (Å²) in [5.41, 5.74) is 12.0. The minimum absolute atomic E-state index is 0.572. The molecule has 0 aliphatic rings. The van der Waals surface area contributed by atoms with Crippen LogP contribution in [0.5, 0.6) is 0 Å². The Morgan fingerprint density at radius 1 is 0.317 bits per heavy atom. The van der Waals surface area contributed by atoms with Crippen molar-refractivity contribution in [2.75, 3.05) is 0 Å². The first-order valence-electron chi connectivity index (χ1n) is 21.2. The molecule has 0 saturated carbocycles. The van der Waals surface area contributed by atoms with E-state index in [9.17, 15) is 0 Å². The Balaban J connectivity index is 1.04. The van der Waals surface area contributed by atoms with Crippen LogP contribution in [0.3, 0.4) is 0 Å². The summed E-state index contributed by atoms with van der Waals surface area (Å²) in [4.78, 5) is 16.2. The van der Waals surface area contributed by atoms with Gasteiger partial charge in [-0.05, 0) is 82.9 Å². The largest absolute Gasteiger partial charge is 0.309 e. The summed E-state index contributed by atoms with van der Waals surface area (Å²) < 4.78 is 6.97. The molecule has 9 aromatic carbocycles. The van der Waals surface area contributed by atoms with Crippen molar-refractivity contribution in [1.82, 2.24) is 24.1 Å². The molecule has 0 saturated heterocycles. The van der Waals surface area contributed by atoms with E-state index in [-0.39, 0.29) is 0 Å². The predicted octanol–water partition coefficient (Wildman–Crippen LogP) is 15.1. The number of para-hydroxylation sites is 2. The Bertz CT molecular complexity index is 3920. The maximum Gasteiger partial charge on any atom is 0.238 e. The van der Waals surface area contributed by atoms with Gasteiger partial charge in [-0.2, -0.15) is 9.97 Å². The number of thiophene rings is 1. The molecule has 0 unspecified atom stereocenters. The van der Waals surface area contributed by atoms with Gasteiger partial charge in [0.15, 0.2) is 11.6 Å². The number of nitrogens with zero attached hydrogens (tertiary/aromatic N) is 5. The van der Waals surface area contributed by atoms with E-state index in [1.807, 2.05) is 0 Å². The molecular formula is C57H35N5S. The quantitative estimate of drug-likeness (QED) is 0.168. The van der Waals surface area contributed by atoms with Crippen molar-refractivity contribution in [2.45, 2.75) is 0 Å². The van der Waals surface area contributed by atoms with Crippen molar-refractivity contribution >= 4 is 75.1 Å². The molecule has 0 amide bonds. The third kappa shape index (κ3) is 5.73. The van der Waals surface area contributed by atoms with Gasteiger partial charge >= 0.3 is 0 Å². The van der Waals surface area contributed by atoms with Crippen LogP contribution in [-0.2, 0) is 0 Å². The van der Waals surface area contributed by atoms with Crippen molar-refractivity contribution < 1.29 is 0 Å². The molecule has 0 bridgehead atoms. The second-order valence-electron chi connectivity index (χ2n) is 16.0. The molecule has 4 heterocycles. The molecule has 294 valence electrons. The van der Waals surface area contributed by atoms with Gasteiger partial charge in [-0.1, -0.05) is 152 Å². The van der Waals surface area contributed by atoms with Crippen LogP contribution in [0.25, 0.3) is 120 Å². The highest BCUT2D eigenvalue weighted by atomic mass is 32.1. The SMILES string of the molecule is c1ccc(-c2ccc3c(c2)c2ccccc2n3-c2cccc(-c3nc(-c4cccc5c4sc4ccccc45)nc(-n4c5ccccc5c5cc(-c6ccccc6)ccc54)n3)c2)cc1. The number of aromatic nitrogens is 5. The van der Waals surface area contributed by atoms with Crippen molar-refractivity contribution in [3.8, 4) is 56.7 Å². The first-order valence-corrected chi connectivity index (χ1v) is 22.0. The Labute approximate surface area is 366 Å². The summed E-state index contributed by atoms with van der Waals surface area (Å²) in [5, 5.41) is 7.14. The molecule has 0 N–H and O–H groups in total. The van der Waals surface area contributed by atoms with E-state index in [0.717, 1.165) is 59.9 Å². The van der Waals surface area contributed by atoms with Crippen LogP contribution in [0.15, 0.2) is 212 Å². The molecular weight excluding hydrogens is 787 g/mol. The normalized spacial score (nSPS) is 11.8. The van der Waals surface area contributed by atoms with Crippen LogP contribution in [-0.4, -0.2) is 24.1 Å². The van der Waals surface area contributed by atoms with Crippen LogP contribution in [0.2, 0.25) is 0 Å². The highest BCUT2D eigenvalue weighted by molar-refractivity contribution is 7.26. The van der Waals surface area contributed by atoms with E-state index < -0.39 is 0 Å². The summed E-state index contributed by atoms with van der Waals surface area (Å²) in [7, 11) is 0. The average Bonchev–Trinajstić information content (AvgIpc) is 4.02. The van der Waals surface area contributed by atoms with Gasteiger partial charge in [-0.25, -0.2) is 4.98 Å². The Kier molecular flexibility index (Phi) is 8.01. The first kappa shape index (κ1) is 35.6. The van der Waals surface area contributed by atoms with Gasteiger partial charge in [0.1, 0.15) is 0 Å². The van der Waals surface area contributed by atoms with Gasteiger partial charge in [-0.3, -0.25) is 4.57 Å². The fraction of sp³-hybridized carbons (Fsp3) is 0. The van der Waals surface area contributed by atoms with Crippen LogP contribution in [0, 0.1) is 0 Å². The maximum atomic E-state index is 5.40. The van der Waals surface area contributed by atoms with Gasteiger partial charge in [0.2, 0.25) is 5.95 Å². The van der Waals surface area contributed by atoms with E-state index in [0.29, 0.717) is 17.6 Å². The summed E-state index contributed by atoms with van der Waals surface area (Å²) in [5.74, 6) is 1.81. The van der Waals surface area contributed by atoms with Gasteiger partial charge in [0, 0.05) is 58.5 Å². The molecule has 13 aromatic rings. The number of rotatable bonds is 6. The molecule has 4 aromatic heterocycles. The van der Waals surface area contributed by atoms with E-state index >= 15 is 0 Å². The Morgan fingerprint density at radius 3 is 1.54 bits per heavy atom. The molecule has 0 spiro atoms. The molecule has 0 aliphatic carbocycles. The smallest absolute Gasteiger partial charge is 0.238 e. The standard InChI is InChI=1S/C57H35N5S/c1-3-15-36(16-4-1)38-29-31-51-47(34-38)42-21-7-10-26-49(42)61(51)41-20-13-19-40(33-41)55-58-56(46-25-14-24-45-44-23-9-12-28-53(44)63-54(45)46)60-57(59-55)62-50-27-11-8-22-43(50)48-35-39(30-32-52(48)62)37-17-5-2-6-18-37/h1-35H. The molecule has 5 nitrogen and oxygen atoms in total. The monoisotopic (exact) mass is 821 g/mol. The summed E-state index contributed by atoms with van der Waals surface area (Å²) in [6, 6.07) is 75.6. The van der Waals surface area contributed by atoms with Crippen LogP contribution < -0.4 is 0 Å². The molecule has 13 rings (SSSR count). The molecule has 63 heavy (non-hydrogen) atoms.